The monoisotopic (exact) mass is 221 g/mol. The number of nitrogens with zero attached hydrogens (tertiary/aromatic N) is 2. The molecule has 1 aromatic carbocycles. The molecule has 0 saturated carbocycles. The smallest absolute Gasteiger partial charge is 0.111 e. The molecule has 0 spiro atoms. The van der Waals surface area contributed by atoms with Crippen molar-refractivity contribution < 1.29 is 0 Å². The van der Waals surface area contributed by atoms with E-state index < -0.39 is 0 Å². The molecule has 15 heavy (non-hydrogen) atoms. The molecule has 3 nitrogen and oxygen atoms in total. The molecule has 1 unspecified atom stereocenters. The van der Waals surface area contributed by atoms with E-state index in [1.54, 1.807) is 0 Å². The summed E-state index contributed by atoms with van der Waals surface area (Å²) in [7, 11) is 0. The average molecular weight is 222 g/mol. The van der Waals surface area contributed by atoms with Gasteiger partial charge in [0, 0.05) is 19.0 Å². The van der Waals surface area contributed by atoms with E-state index in [0.29, 0.717) is 0 Å². The molecule has 3 rings (SSSR count). The maximum absolute atomic E-state index is 6.18. The van der Waals surface area contributed by atoms with Crippen molar-refractivity contribution in [1.82, 2.24) is 9.55 Å². The lowest BCUT2D eigenvalue weighted by atomic mass is 10.1. The van der Waals surface area contributed by atoms with E-state index in [0.717, 1.165) is 41.3 Å². The number of halogens is 1. The maximum atomic E-state index is 6.18. The van der Waals surface area contributed by atoms with Gasteiger partial charge in [-0.2, -0.15) is 0 Å². The predicted molar refractivity (Wildman–Crippen MR) is 61.0 cm³/mol. The number of para-hydroxylation sites is 1. The van der Waals surface area contributed by atoms with Gasteiger partial charge in [0.05, 0.1) is 16.1 Å². The SMILES string of the molecule is NC1CCn2c(nc3cccc(Cl)c32)C1. The molecule has 0 bridgehead atoms. The van der Waals surface area contributed by atoms with Crippen LogP contribution in [0.3, 0.4) is 0 Å². The first kappa shape index (κ1) is 9.19. The van der Waals surface area contributed by atoms with Gasteiger partial charge in [-0.25, -0.2) is 4.98 Å². The van der Waals surface area contributed by atoms with Gasteiger partial charge in [0.25, 0.3) is 0 Å². The zero-order valence-corrected chi connectivity index (χ0v) is 9.04. The average Bonchev–Trinajstić information content (AvgIpc) is 2.56. The van der Waals surface area contributed by atoms with Gasteiger partial charge in [-0.15, -0.1) is 0 Å². The summed E-state index contributed by atoms with van der Waals surface area (Å²) in [6.45, 7) is 0.927. The fourth-order valence-electron chi connectivity index (χ4n) is 2.22. The van der Waals surface area contributed by atoms with Gasteiger partial charge in [0.2, 0.25) is 0 Å². The standard InChI is InChI=1S/C11H12ClN3/c12-8-2-1-3-9-11(8)15-5-4-7(13)6-10(15)14-9/h1-3,7H,4-6,13H2. The zero-order valence-electron chi connectivity index (χ0n) is 8.28. The van der Waals surface area contributed by atoms with Crippen LogP contribution in [0.2, 0.25) is 5.02 Å². The van der Waals surface area contributed by atoms with Crippen LogP contribution in [0.4, 0.5) is 0 Å². The van der Waals surface area contributed by atoms with Gasteiger partial charge in [0.15, 0.2) is 0 Å². The first-order chi connectivity index (χ1) is 7.25. The van der Waals surface area contributed by atoms with Crippen LogP contribution in [-0.2, 0) is 13.0 Å². The lowest BCUT2D eigenvalue weighted by Crippen LogP contribution is -2.30. The lowest BCUT2D eigenvalue weighted by Gasteiger charge is -2.20. The third-order valence-electron chi connectivity index (χ3n) is 2.96. The summed E-state index contributed by atoms with van der Waals surface area (Å²) in [6, 6.07) is 6.09. The number of hydrogen-bond donors (Lipinski definition) is 1. The maximum Gasteiger partial charge on any atom is 0.111 e. The van der Waals surface area contributed by atoms with Crippen LogP contribution < -0.4 is 5.73 Å². The number of hydrogen-bond acceptors (Lipinski definition) is 2. The summed E-state index contributed by atoms with van der Waals surface area (Å²) in [5, 5.41) is 0.779. The topological polar surface area (TPSA) is 43.8 Å². The molecule has 0 saturated heterocycles. The van der Waals surface area contributed by atoms with Crippen molar-refractivity contribution in [2.45, 2.75) is 25.4 Å². The highest BCUT2D eigenvalue weighted by Crippen LogP contribution is 2.27. The lowest BCUT2D eigenvalue weighted by molar-refractivity contribution is 0.471. The van der Waals surface area contributed by atoms with Crippen molar-refractivity contribution in [3.8, 4) is 0 Å². The van der Waals surface area contributed by atoms with Crippen LogP contribution in [0, 0.1) is 0 Å². The van der Waals surface area contributed by atoms with Crippen molar-refractivity contribution in [2.24, 2.45) is 5.73 Å². The highest BCUT2D eigenvalue weighted by Gasteiger charge is 2.20. The van der Waals surface area contributed by atoms with E-state index in [2.05, 4.69) is 9.55 Å². The first-order valence-electron chi connectivity index (χ1n) is 5.15. The number of nitrogens with two attached hydrogens (primary N) is 1. The molecule has 0 radical (unpaired) electrons. The minimum absolute atomic E-state index is 0.244. The van der Waals surface area contributed by atoms with Crippen molar-refractivity contribution in [3.63, 3.8) is 0 Å². The quantitative estimate of drug-likeness (QED) is 0.739. The highest BCUT2D eigenvalue weighted by atomic mass is 35.5. The molecule has 0 aliphatic carbocycles. The Labute approximate surface area is 92.8 Å². The minimum Gasteiger partial charge on any atom is -0.327 e. The summed E-state index contributed by atoms with van der Waals surface area (Å²) in [5.41, 5.74) is 7.96. The van der Waals surface area contributed by atoms with Gasteiger partial charge < -0.3 is 10.3 Å². The van der Waals surface area contributed by atoms with E-state index in [-0.39, 0.29) is 6.04 Å². The number of rotatable bonds is 0. The summed E-state index contributed by atoms with van der Waals surface area (Å²) in [6.07, 6.45) is 1.86. The number of imidazole rings is 1. The molecule has 0 fully saturated rings. The van der Waals surface area contributed by atoms with Crippen molar-refractivity contribution in [2.75, 3.05) is 0 Å². The second-order valence-corrected chi connectivity index (χ2v) is 4.45. The Morgan fingerprint density at radius 2 is 2.33 bits per heavy atom. The summed E-state index contributed by atoms with van der Waals surface area (Å²) in [5.74, 6) is 1.07. The van der Waals surface area contributed by atoms with Crippen LogP contribution >= 0.6 is 11.6 Å². The predicted octanol–water partition coefficient (Wildman–Crippen LogP) is 1.96. The highest BCUT2D eigenvalue weighted by molar-refractivity contribution is 6.35. The third kappa shape index (κ3) is 1.34. The Hall–Kier alpha value is -1.06. The molecular formula is C11H12ClN3. The van der Waals surface area contributed by atoms with E-state index in [4.69, 9.17) is 17.3 Å². The Morgan fingerprint density at radius 1 is 1.47 bits per heavy atom. The van der Waals surface area contributed by atoms with E-state index in [9.17, 15) is 0 Å². The van der Waals surface area contributed by atoms with Crippen LogP contribution in [0.5, 0.6) is 0 Å². The molecular weight excluding hydrogens is 210 g/mol. The molecule has 1 atom stereocenters. The molecule has 1 aliphatic heterocycles. The molecule has 0 amide bonds. The van der Waals surface area contributed by atoms with Gasteiger partial charge in [-0.1, -0.05) is 17.7 Å². The zero-order chi connectivity index (χ0) is 10.4. The largest absolute Gasteiger partial charge is 0.327 e. The fraction of sp³-hybridized carbons (Fsp3) is 0.364. The molecule has 2 aromatic rings. The van der Waals surface area contributed by atoms with Gasteiger partial charge in [-0.05, 0) is 18.6 Å². The minimum atomic E-state index is 0.244. The second-order valence-electron chi connectivity index (χ2n) is 4.04. The second kappa shape index (κ2) is 3.22. The number of aromatic nitrogens is 2. The Morgan fingerprint density at radius 3 is 3.20 bits per heavy atom. The van der Waals surface area contributed by atoms with Crippen LogP contribution in [0.25, 0.3) is 11.0 Å². The van der Waals surface area contributed by atoms with E-state index >= 15 is 0 Å². The van der Waals surface area contributed by atoms with Gasteiger partial charge in [0.1, 0.15) is 5.82 Å². The number of fused-ring (bicyclic) bond motifs is 3. The van der Waals surface area contributed by atoms with Crippen LogP contribution in [0.15, 0.2) is 18.2 Å². The van der Waals surface area contributed by atoms with Crippen molar-refractivity contribution in [1.29, 1.82) is 0 Å². The Bertz CT molecular complexity index is 518. The molecule has 78 valence electrons. The van der Waals surface area contributed by atoms with E-state index in [1.807, 2.05) is 18.2 Å². The molecule has 1 aromatic heterocycles. The Balaban J connectivity index is 2.29. The van der Waals surface area contributed by atoms with Gasteiger partial charge in [-0.3, -0.25) is 0 Å². The molecule has 2 N–H and O–H groups in total. The van der Waals surface area contributed by atoms with Crippen molar-refractivity contribution >= 4 is 22.6 Å². The van der Waals surface area contributed by atoms with Crippen LogP contribution in [-0.4, -0.2) is 15.6 Å². The van der Waals surface area contributed by atoms with Crippen LogP contribution in [0.1, 0.15) is 12.2 Å². The summed E-state index contributed by atoms with van der Waals surface area (Å²) >= 11 is 6.18. The molecule has 4 heteroatoms. The third-order valence-corrected chi connectivity index (χ3v) is 3.27. The first-order valence-corrected chi connectivity index (χ1v) is 5.53. The number of aryl methyl sites for hydroxylation is 1. The molecule has 1 aliphatic rings. The fourth-order valence-corrected chi connectivity index (χ4v) is 2.49. The Kier molecular flexibility index (Phi) is 1.97. The normalized spacial score (nSPS) is 20.5. The summed E-state index contributed by atoms with van der Waals surface area (Å²) in [4.78, 5) is 4.56. The van der Waals surface area contributed by atoms with E-state index in [1.165, 1.54) is 0 Å². The number of benzene rings is 1. The molecule has 2 heterocycles. The summed E-state index contributed by atoms with van der Waals surface area (Å²) < 4.78 is 2.20. The van der Waals surface area contributed by atoms with Crippen molar-refractivity contribution in [3.05, 3.63) is 29.0 Å². The van der Waals surface area contributed by atoms with Gasteiger partial charge >= 0.3 is 0 Å².